The van der Waals surface area contributed by atoms with Crippen molar-refractivity contribution in [3.8, 4) is 0 Å². The maximum atomic E-state index is 13.3. The minimum atomic E-state index is -4.62. The number of amides is 2. The van der Waals surface area contributed by atoms with Gasteiger partial charge >= 0.3 is 6.18 Å². The van der Waals surface area contributed by atoms with Gasteiger partial charge in [0.15, 0.2) is 5.49 Å². The Balaban J connectivity index is 2.64. The van der Waals surface area contributed by atoms with Gasteiger partial charge in [-0.2, -0.15) is 18.2 Å². The normalized spacial score (nSPS) is 12.9. The van der Waals surface area contributed by atoms with Crippen LogP contribution >= 0.6 is 11.8 Å². The van der Waals surface area contributed by atoms with Gasteiger partial charge in [0, 0.05) is 35.7 Å². The molecule has 2 rings (SSSR count). The Bertz CT molecular complexity index is 1060. The third-order valence-electron chi connectivity index (χ3n) is 4.86. The highest BCUT2D eigenvalue weighted by molar-refractivity contribution is 8.00. The molecule has 2 N–H and O–H groups in total. The number of primary amides is 1. The quantitative estimate of drug-likeness (QED) is 0.614. The van der Waals surface area contributed by atoms with Crippen LogP contribution in [0.4, 0.5) is 13.2 Å². The predicted molar refractivity (Wildman–Crippen MR) is 118 cm³/mol. The molecule has 10 heteroatoms. The number of benzene rings is 1. The van der Waals surface area contributed by atoms with Crippen LogP contribution in [0.1, 0.15) is 62.2 Å². The average molecular weight is 471 g/mol. The first kappa shape index (κ1) is 25.8. The Morgan fingerprint density at radius 1 is 1.16 bits per heavy atom. The first-order chi connectivity index (χ1) is 14.8. The lowest BCUT2D eigenvalue weighted by atomic mass is 9.92. The van der Waals surface area contributed by atoms with Crippen molar-refractivity contribution in [3.05, 3.63) is 46.6 Å². The summed E-state index contributed by atoms with van der Waals surface area (Å²) in [7, 11) is 1.87. The summed E-state index contributed by atoms with van der Waals surface area (Å²) in [4.78, 5) is 28.6. The fraction of sp³-hybridized carbons (Fsp3) is 0.500. The van der Waals surface area contributed by atoms with E-state index in [0.29, 0.717) is 12.0 Å². The van der Waals surface area contributed by atoms with Crippen molar-refractivity contribution in [3.63, 3.8) is 0 Å². The van der Waals surface area contributed by atoms with Crippen molar-refractivity contribution in [1.82, 2.24) is 9.36 Å². The second-order valence-electron chi connectivity index (χ2n) is 8.52. The van der Waals surface area contributed by atoms with Crippen molar-refractivity contribution in [1.29, 1.82) is 0 Å². The van der Waals surface area contributed by atoms with Crippen LogP contribution in [0.3, 0.4) is 0 Å². The number of carbonyl (C=O) groups excluding carboxylic acids is 2. The number of nitrogens with zero attached hydrogens (tertiary/aromatic N) is 3. The molecule has 0 radical (unpaired) electrons. The number of hydrogen-bond acceptors (Lipinski definition) is 3. The SMILES string of the molecule is CCCCn1c(=NC(=O)c2cc(C(F)(F)F)ccc2SCC(N)=O)cc(C(C)(C)C)n1C. The highest BCUT2D eigenvalue weighted by atomic mass is 32.2. The van der Waals surface area contributed by atoms with Crippen molar-refractivity contribution in [2.45, 2.75) is 63.6 Å². The fourth-order valence-corrected chi connectivity index (χ4v) is 4.01. The van der Waals surface area contributed by atoms with Crippen LogP contribution in [0.2, 0.25) is 0 Å². The van der Waals surface area contributed by atoms with Crippen LogP contribution in [0.15, 0.2) is 34.2 Å². The summed E-state index contributed by atoms with van der Waals surface area (Å²) in [6.07, 6.45) is -2.83. The topological polar surface area (TPSA) is 82.4 Å². The summed E-state index contributed by atoms with van der Waals surface area (Å²) in [5.74, 6) is -1.61. The maximum absolute atomic E-state index is 13.3. The number of rotatable bonds is 7. The van der Waals surface area contributed by atoms with E-state index in [0.717, 1.165) is 42.4 Å². The Kier molecular flexibility index (Phi) is 8.03. The van der Waals surface area contributed by atoms with E-state index in [9.17, 15) is 22.8 Å². The number of unbranched alkanes of at least 4 members (excludes halogenated alkanes) is 1. The number of thioether (sulfide) groups is 1. The zero-order valence-electron chi connectivity index (χ0n) is 18.9. The monoisotopic (exact) mass is 470 g/mol. The number of hydrogen-bond donors (Lipinski definition) is 1. The van der Waals surface area contributed by atoms with Gasteiger partial charge in [-0.15, -0.1) is 11.8 Å². The molecule has 0 fully saturated rings. The molecule has 6 nitrogen and oxygen atoms in total. The van der Waals surface area contributed by atoms with E-state index < -0.39 is 23.6 Å². The second kappa shape index (κ2) is 9.97. The van der Waals surface area contributed by atoms with E-state index in [4.69, 9.17) is 5.73 Å². The average Bonchev–Trinajstić information content (AvgIpc) is 2.99. The van der Waals surface area contributed by atoms with E-state index in [1.807, 2.05) is 44.1 Å². The molecule has 2 amide bonds. The minimum Gasteiger partial charge on any atom is -0.369 e. The molecule has 32 heavy (non-hydrogen) atoms. The van der Waals surface area contributed by atoms with Crippen molar-refractivity contribution in [2.75, 3.05) is 5.75 Å². The zero-order chi connectivity index (χ0) is 24.3. The molecule has 0 saturated carbocycles. The van der Waals surface area contributed by atoms with E-state index in [-0.39, 0.29) is 21.6 Å². The molecule has 2 aromatic rings. The summed E-state index contributed by atoms with van der Waals surface area (Å²) in [6.45, 7) is 8.75. The highest BCUT2D eigenvalue weighted by Crippen LogP contribution is 2.33. The first-order valence-electron chi connectivity index (χ1n) is 10.2. The third-order valence-corrected chi connectivity index (χ3v) is 5.95. The molecule has 1 aromatic carbocycles. The van der Waals surface area contributed by atoms with Crippen LogP contribution in [-0.2, 0) is 30.0 Å². The number of nitrogens with two attached hydrogens (primary N) is 1. The van der Waals surface area contributed by atoms with Gasteiger partial charge in [0.1, 0.15) is 0 Å². The Hall–Kier alpha value is -2.49. The summed E-state index contributed by atoms with van der Waals surface area (Å²) in [6, 6.07) is 4.62. The van der Waals surface area contributed by atoms with Crippen LogP contribution in [0, 0.1) is 0 Å². The van der Waals surface area contributed by atoms with E-state index in [1.165, 1.54) is 6.07 Å². The number of carbonyl (C=O) groups is 2. The zero-order valence-corrected chi connectivity index (χ0v) is 19.7. The molecule has 0 aliphatic heterocycles. The number of alkyl halides is 3. The van der Waals surface area contributed by atoms with Crippen molar-refractivity contribution in [2.24, 2.45) is 17.8 Å². The van der Waals surface area contributed by atoms with Gasteiger partial charge < -0.3 is 5.73 Å². The smallest absolute Gasteiger partial charge is 0.369 e. The molecule has 176 valence electrons. The van der Waals surface area contributed by atoms with E-state index >= 15 is 0 Å². The summed E-state index contributed by atoms with van der Waals surface area (Å²) in [5, 5.41) is 0. The lowest BCUT2D eigenvalue weighted by Gasteiger charge is -2.20. The van der Waals surface area contributed by atoms with Gasteiger partial charge in [0.05, 0.1) is 16.9 Å². The molecular weight excluding hydrogens is 441 g/mol. The molecule has 1 heterocycles. The molecule has 0 aliphatic carbocycles. The molecule has 0 aliphatic rings. The molecule has 0 saturated heterocycles. The Morgan fingerprint density at radius 3 is 2.34 bits per heavy atom. The highest BCUT2D eigenvalue weighted by Gasteiger charge is 2.32. The maximum Gasteiger partial charge on any atom is 0.416 e. The lowest BCUT2D eigenvalue weighted by Crippen LogP contribution is -2.25. The Labute approximate surface area is 189 Å². The molecular formula is C22H29F3N4O2S. The minimum absolute atomic E-state index is 0.165. The van der Waals surface area contributed by atoms with Gasteiger partial charge in [-0.05, 0) is 24.6 Å². The van der Waals surface area contributed by atoms with Crippen LogP contribution in [0.25, 0.3) is 0 Å². The molecule has 0 unspecified atom stereocenters. The van der Waals surface area contributed by atoms with E-state index in [2.05, 4.69) is 4.99 Å². The van der Waals surface area contributed by atoms with Crippen LogP contribution in [-0.4, -0.2) is 26.9 Å². The van der Waals surface area contributed by atoms with E-state index in [1.54, 1.807) is 6.07 Å². The van der Waals surface area contributed by atoms with Crippen LogP contribution < -0.4 is 11.2 Å². The van der Waals surface area contributed by atoms with Gasteiger partial charge in [-0.25, -0.2) is 0 Å². The predicted octanol–water partition coefficient (Wildman–Crippen LogP) is 4.26. The first-order valence-corrected chi connectivity index (χ1v) is 11.2. The lowest BCUT2D eigenvalue weighted by molar-refractivity contribution is -0.137. The van der Waals surface area contributed by atoms with Gasteiger partial charge in [0.2, 0.25) is 5.91 Å². The molecule has 0 spiro atoms. The summed E-state index contributed by atoms with van der Waals surface area (Å²) < 4.78 is 43.6. The molecule has 0 atom stereocenters. The Morgan fingerprint density at radius 2 is 1.81 bits per heavy atom. The summed E-state index contributed by atoms with van der Waals surface area (Å²) in [5.41, 5.74) is 5.08. The largest absolute Gasteiger partial charge is 0.416 e. The van der Waals surface area contributed by atoms with Crippen LogP contribution in [0.5, 0.6) is 0 Å². The third kappa shape index (κ3) is 6.27. The second-order valence-corrected chi connectivity index (χ2v) is 9.54. The van der Waals surface area contributed by atoms with Crippen molar-refractivity contribution < 1.29 is 22.8 Å². The van der Waals surface area contributed by atoms with Gasteiger partial charge in [-0.1, -0.05) is 34.1 Å². The van der Waals surface area contributed by atoms with Crippen molar-refractivity contribution >= 4 is 23.6 Å². The van der Waals surface area contributed by atoms with Gasteiger partial charge in [-0.3, -0.25) is 19.0 Å². The fourth-order valence-electron chi connectivity index (χ4n) is 3.25. The molecule has 0 bridgehead atoms. The number of aromatic nitrogens is 2. The molecule has 1 aromatic heterocycles. The number of halogens is 3. The summed E-state index contributed by atoms with van der Waals surface area (Å²) >= 11 is 0.909. The van der Waals surface area contributed by atoms with Gasteiger partial charge in [0.25, 0.3) is 5.91 Å². The standard InChI is InChI=1S/C22H29F3N4O2S/c1-6-7-10-29-19(12-17(28(29)5)21(2,3)4)27-20(31)15-11-14(22(23,24)25)8-9-16(15)32-13-18(26)30/h8-9,11-12H,6-7,10,13H2,1-5H3,(H2,26,30).